The first-order chi connectivity index (χ1) is 7.87. The number of aliphatic hydroxyl groups is 1. The summed E-state index contributed by atoms with van der Waals surface area (Å²) in [6, 6.07) is 3.14. The third-order valence-electron chi connectivity index (χ3n) is 2.93. The summed E-state index contributed by atoms with van der Waals surface area (Å²) >= 11 is 0. The largest absolute Gasteiger partial charge is 0.493 e. The van der Waals surface area contributed by atoms with Gasteiger partial charge in [0.25, 0.3) is 0 Å². The third-order valence-corrected chi connectivity index (χ3v) is 2.93. The van der Waals surface area contributed by atoms with Crippen molar-refractivity contribution in [1.29, 1.82) is 0 Å². The summed E-state index contributed by atoms with van der Waals surface area (Å²) in [5, 5.41) is 9.22. The van der Waals surface area contributed by atoms with Crippen LogP contribution in [0.5, 0.6) is 5.75 Å². The van der Waals surface area contributed by atoms with Gasteiger partial charge in [0.1, 0.15) is 5.75 Å². The van der Waals surface area contributed by atoms with Crippen LogP contribution in [0.25, 0.3) is 0 Å². The first kappa shape index (κ1) is 12.2. The lowest BCUT2D eigenvalue weighted by Crippen LogP contribution is -2.44. The summed E-state index contributed by atoms with van der Waals surface area (Å²) in [4.78, 5) is 0. The van der Waals surface area contributed by atoms with E-state index in [9.17, 15) is 18.3 Å². The van der Waals surface area contributed by atoms with E-state index in [4.69, 9.17) is 10.5 Å². The normalized spacial score (nSPS) is 24.1. The van der Waals surface area contributed by atoms with E-state index in [0.29, 0.717) is 12.0 Å². The van der Waals surface area contributed by atoms with Crippen LogP contribution in [0, 0.1) is 0 Å². The van der Waals surface area contributed by atoms with E-state index in [1.165, 1.54) is 6.07 Å². The van der Waals surface area contributed by atoms with Crippen molar-refractivity contribution in [1.82, 2.24) is 0 Å². The average Bonchev–Trinajstić information content (AvgIpc) is 2.28. The molecule has 3 N–H and O–H groups in total. The first-order valence-electron chi connectivity index (χ1n) is 5.11. The summed E-state index contributed by atoms with van der Waals surface area (Å²) in [5.74, 6) is 0.0997. The highest BCUT2D eigenvalue weighted by molar-refractivity contribution is 5.44. The highest BCUT2D eigenvalue weighted by Gasteiger charge is 2.37. The Labute approximate surface area is 96.0 Å². The van der Waals surface area contributed by atoms with E-state index < -0.39 is 17.3 Å². The molecule has 0 fully saturated rings. The lowest BCUT2D eigenvalue weighted by atomic mass is 9.86. The molecule has 0 saturated carbocycles. The highest BCUT2D eigenvalue weighted by atomic mass is 19.4. The van der Waals surface area contributed by atoms with Gasteiger partial charge in [0.2, 0.25) is 0 Å². The number of ether oxygens (including phenoxy) is 1. The molecule has 0 amide bonds. The minimum Gasteiger partial charge on any atom is -0.493 e. The van der Waals surface area contributed by atoms with Crippen molar-refractivity contribution in [2.24, 2.45) is 5.73 Å². The zero-order chi connectivity index (χ0) is 12.7. The number of hydrogen-bond acceptors (Lipinski definition) is 3. The summed E-state index contributed by atoms with van der Waals surface area (Å²) in [5.41, 5.74) is 4.54. The molecule has 0 saturated heterocycles. The van der Waals surface area contributed by atoms with Gasteiger partial charge in [-0.25, -0.2) is 0 Å². The van der Waals surface area contributed by atoms with Crippen molar-refractivity contribution in [3.05, 3.63) is 29.3 Å². The molecule has 17 heavy (non-hydrogen) atoms. The Bertz CT molecular complexity index is 433. The first-order valence-corrected chi connectivity index (χ1v) is 5.11. The number of fused-ring (bicyclic) bond motifs is 1. The molecule has 3 nitrogen and oxygen atoms in total. The van der Waals surface area contributed by atoms with E-state index in [1.54, 1.807) is 0 Å². The van der Waals surface area contributed by atoms with Crippen molar-refractivity contribution in [2.45, 2.75) is 18.1 Å². The number of alkyl halides is 3. The Balaban J connectivity index is 2.47. The van der Waals surface area contributed by atoms with Gasteiger partial charge in [0, 0.05) is 12.0 Å². The SMILES string of the molecule is N[C@]1(CO)CCOc2cc(C(F)(F)F)ccc21. The molecular formula is C11H12F3NO2. The second-order valence-electron chi connectivity index (χ2n) is 4.12. The van der Waals surface area contributed by atoms with Crippen LogP contribution in [0.3, 0.4) is 0 Å². The standard InChI is InChI=1S/C11H12F3NO2/c12-11(13,14)7-1-2-8-9(5-7)17-4-3-10(8,15)6-16/h1-2,5,16H,3-4,6,15H2/t10-/m0/s1. The fourth-order valence-corrected chi connectivity index (χ4v) is 1.87. The number of halogens is 3. The molecule has 1 aromatic carbocycles. The van der Waals surface area contributed by atoms with Crippen molar-refractivity contribution >= 4 is 0 Å². The minimum absolute atomic E-state index is 0.0997. The number of rotatable bonds is 1. The molecule has 1 aliphatic rings. The van der Waals surface area contributed by atoms with Crippen molar-refractivity contribution in [3.63, 3.8) is 0 Å². The lowest BCUT2D eigenvalue weighted by molar-refractivity contribution is -0.137. The number of hydrogen-bond donors (Lipinski definition) is 2. The smallest absolute Gasteiger partial charge is 0.416 e. The Morgan fingerprint density at radius 3 is 2.71 bits per heavy atom. The molecule has 1 aromatic rings. The molecule has 1 heterocycles. The predicted octanol–water partition coefficient (Wildman–Crippen LogP) is 1.63. The molecular weight excluding hydrogens is 235 g/mol. The Kier molecular flexibility index (Phi) is 2.79. The van der Waals surface area contributed by atoms with Crippen LogP contribution < -0.4 is 10.5 Å². The van der Waals surface area contributed by atoms with E-state index in [1.807, 2.05) is 0 Å². The van der Waals surface area contributed by atoms with Crippen molar-refractivity contribution < 1.29 is 23.0 Å². The maximum atomic E-state index is 12.5. The highest BCUT2D eigenvalue weighted by Crippen LogP contribution is 2.39. The van der Waals surface area contributed by atoms with Gasteiger partial charge < -0.3 is 15.6 Å². The Morgan fingerprint density at radius 1 is 1.41 bits per heavy atom. The van der Waals surface area contributed by atoms with E-state index in [-0.39, 0.29) is 19.0 Å². The Morgan fingerprint density at radius 2 is 2.12 bits per heavy atom. The van der Waals surface area contributed by atoms with E-state index in [2.05, 4.69) is 0 Å². The summed E-state index contributed by atoms with van der Waals surface area (Å²) < 4.78 is 42.7. The topological polar surface area (TPSA) is 55.5 Å². The molecule has 0 spiro atoms. The molecule has 0 unspecified atom stereocenters. The minimum atomic E-state index is -4.41. The second kappa shape index (κ2) is 3.89. The molecule has 94 valence electrons. The molecule has 0 aromatic heterocycles. The van der Waals surface area contributed by atoms with Gasteiger partial charge in [-0.2, -0.15) is 13.2 Å². The number of nitrogens with two attached hydrogens (primary N) is 1. The molecule has 0 radical (unpaired) electrons. The Hall–Kier alpha value is -1.27. The number of aliphatic hydroxyl groups excluding tert-OH is 1. The zero-order valence-corrected chi connectivity index (χ0v) is 8.92. The molecule has 0 bridgehead atoms. The molecule has 1 atom stereocenters. The molecule has 2 rings (SSSR count). The average molecular weight is 247 g/mol. The second-order valence-corrected chi connectivity index (χ2v) is 4.12. The van der Waals surface area contributed by atoms with Crippen LogP contribution in [0.15, 0.2) is 18.2 Å². The molecule has 1 aliphatic heterocycles. The fraction of sp³-hybridized carbons (Fsp3) is 0.455. The predicted molar refractivity (Wildman–Crippen MR) is 54.5 cm³/mol. The van der Waals surface area contributed by atoms with Gasteiger partial charge in [-0.1, -0.05) is 6.07 Å². The van der Waals surface area contributed by atoms with Crippen molar-refractivity contribution in [2.75, 3.05) is 13.2 Å². The lowest BCUT2D eigenvalue weighted by Gasteiger charge is -2.34. The molecule has 0 aliphatic carbocycles. The summed E-state index contributed by atoms with van der Waals surface area (Å²) in [6.07, 6.45) is -4.03. The third kappa shape index (κ3) is 2.10. The fourth-order valence-electron chi connectivity index (χ4n) is 1.87. The van der Waals surface area contributed by atoms with Crippen LogP contribution in [0.2, 0.25) is 0 Å². The van der Waals surface area contributed by atoms with Crippen molar-refractivity contribution in [3.8, 4) is 5.75 Å². The van der Waals surface area contributed by atoms with Gasteiger partial charge in [-0.3, -0.25) is 0 Å². The molecule has 6 heteroatoms. The van der Waals surface area contributed by atoms with Crippen LogP contribution in [-0.4, -0.2) is 18.3 Å². The van der Waals surface area contributed by atoms with Crippen LogP contribution in [-0.2, 0) is 11.7 Å². The maximum Gasteiger partial charge on any atom is 0.416 e. The monoisotopic (exact) mass is 247 g/mol. The van der Waals surface area contributed by atoms with Gasteiger partial charge in [-0.15, -0.1) is 0 Å². The van der Waals surface area contributed by atoms with Gasteiger partial charge >= 0.3 is 6.18 Å². The zero-order valence-electron chi connectivity index (χ0n) is 8.92. The van der Waals surface area contributed by atoms with E-state index >= 15 is 0 Å². The van der Waals surface area contributed by atoms with Crippen LogP contribution >= 0.6 is 0 Å². The van der Waals surface area contributed by atoms with Gasteiger partial charge in [0.15, 0.2) is 0 Å². The maximum absolute atomic E-state index is 12.5. The van der Waals surface area contributed by atoms with Crippen LogP contribution in [0.4, 0.5) is 13.2 Å². The van der Waals surface area contributed by atoms with Gasteiger partial charge in [-0.05, 0) is 12.1 Å². The van der Waals surface area contributed by atoms with E-state index in [0.717, 1.165) is 12.1 Å². The van der Waals surface area contributed by atoms with Crippen LogP contribution in [0.1, 0.15) is 17.5 Å². The quantitative estimate of drug-likeness (QED) is 0.793. The van der Waals surface area contributed by atoms with Gasteiger partial charge in [0.05, 0.1) is 24.3 Å². The summed E-state index contributed by atoms with van der Waals surface area (Å²) in [6.45, 7) is -0.125. The summed E-state index contributed by atoms with van der Waals surface area (Å²) in [7, 11) is 0. The number of benzene rings is 1.